The SMILES string of the molecule is O=C(O)c1ccc(F)c(NS(=O)(=O)N2CC3CCC2C3)c1. The summed E-state index contributed by atoms with van der Waals surface area (Å²) in [7, 11) is -3.86. The standard InChI is InChI=1S/C13H15FN2O4S/c14-11-4-2-9(13(17)18)6-12(11)15-21(19,20)16-7-8-1-3-10(16)5-8/h2,4,6,8,10,15H,1,3,5,7H2,(H,17,18). The normalized spacial score (nSPS) is 25.2. The number of nitrogens with one attached hydrogen (secondary N) is 1. The van der Waals surface area contributed by atoms with Crippen LogP contribution >= 0.6 is 0 Å². The van der Waals surface area contributed by atoms with Gasteiger partial charge in [-0.15, -0.1) is 0 Å². The average Bonchev–Trinajstić information content (AvgIpc) is 3.03. The van der Waals surface area contributed by atoms with Gasteiger partial charge in [0, 0.05) is 12.6 Å². The number of anilines is 1. The van der Waals surface area contributed by atoms with E-state index in [1.165, 1.54) is 4.31 Å². The van der Waals surface area contributed by atoms with Crippen molar-refractivity contribution in [3.8, 4) is 0 Å². The molecule has 114 valence electrons. The maximum atomic E-state index is 13.7. The minimum absolute atomic E-state index is 0.0294. The van der Waals surface area contributed by atoms with E-state index in [9.17, 15) is 17.6 Å². The van der Waals surface area contributed by atoms with E-state index < -0.39 is 22.0 Å². The van der Waals surface area contributed by atoms with Gasteiger partial charge in [-0.05, 0) is 43.4 Å². The van der Waals surface area contributed by atoms with Gasteiger partial charge in [-0.1, -0.05) is 0 Å². The quantitative estimate of drug-likeness (QED) is 0.885. The zero-order valence-corrected chi connectivity index (χ0v) is 11.9. The van der Waals surface area contributed by atoms with Gasteiger partial charge < -0.3 is 5.11 Å². The highest BCUT2D eigenvalue weighted by Gasteiger charge is 2.43. The lowest BCUT2D eigenvalue weighted by Gasteiger charge is -2.26. The van der Waals surface area contributed by atoms with Crippen molar-refractivity contribution in [2.75, 3.05) is 11.3 Å². The number of benzene rings is 1. The van der Waals surface area contributed by atoms with Crippen molar-refractivity contribution in [2.24, 2.45) is 5.92 Å². The van der Waals surface area contributed by atoms with Crippen LogP contribution in [0.1, 0.15) is 29.6 Å². The number of halogens is 1. The summed E-state index contributed by atoms with van der Waals surface area (Å²) in [5.41, 5.74) is -0.505. The van der Waals surface area contributed by atoms with Gasteiger partial charge in [-0.3, -0.25) is 4.72 Å². The Morgan fingerprint density at radius 3 is 2.71 bits per heavy atom. The number of nitrogens with zero attached hydrogens (tertiary/aromatic N) is 1. The van der Waals surface area contributed by atoms with Crippen LogP contribution in [0.25, 0.3) is 0 Å². The Hall–Kier alpha value is -1.67. The molecule has 2 bridgehead atoms. The molecule has 1 saturated carbocycles. The van der Waals surface area contributed by atoms with E-state index in [4.69, 9.17) is 5.11 Å². The molecule has 8 heteroatoms. The molecule has 0 aromatic heterocycles. The summed E-state index contributed by atoms with van der Waals surface area (Å²) in [4.78, 5) is 10.9. The Kier molecular flexibility index (Phi) is 3.37. The first-order chi connectivity index (χ1) is 9.87. The van der Waals surface area contributed by atoms with E-state index in [0.717, 1.165) is 37.5 Å². The molecule has 2 aliphatic rings. The number of carboxylic acid groups (broad SMARTS) is 1. The van der Waals surface area contributed by atoms with Crippen LogP contribution < -0.4 is 4.72 Å². The second-order valence-electron chi connectivity index (χ2n) is 5.51. The van der Waals surface area contributed by atoms with Crippen molar-refractivity contribution < 1.29 is 22.7 Å². The molecule has 1 heterocycles. The Bertz CT molecular complexity index is 691. The molecular formula is C13H15FN2O4S. The van der Waals surface area contributed by atoms with Gasteiger partial charge in [-0.2, -0.15) is 12.7 Å². The predicted molar refractivity (Wildman–Crippen MR) is 73.7 cm³/mol. The summed E-state index contributed by atoms with van der Waals surface area (Å²) >= 11 is 0. The number of hydrogen-bond donors (Lipinski definition) is 2. The molecule has 0 radical (unpaired) electrons. The number of rotatable bonds is 4. The molecule has 2 atom stereocenters. The van der Waals surface area contributed by atoms with Crippen molar-refractivity contribution in [1.29, 1.82) is 0 Å². The van der Waals surface area contributed by atoms with E-state index in [-0.39, 0.29) is 17.3 Å². The fourth-order valence-corrected chi connectivity index (χ4v) is 4.65. The number of hydrogen-bond acceptors (Lipinski definition) is 3. The van der Waals surface area contributed by atoms with Gasteiger partial charge >= 0.3 is 16.2 Å². The number of aromatic carboxylic acids is 1. The first-order valence-electron chi connectivity index (χ1n) is 6.69. The highest BCUT2D eigenvalue weighted by molar-refractivity contribution is 7.90. The smallest absolute Gasteiger partial charge is 0.335 e. The fourth-order valence-electron chi connectivity index (χ4n) is 3.11. The van der Waals surface area contributed by atoms with E-state index >= 15 is 0 Å². The Morgan fingerprint density at radius 2 is 2.14 bits per heavy atom. The van der Waals surface area contributed by atoms with Crippen molar-refractivity contribution in [3.63, 3.8) is 0 Å². The van der Waals surface area contributed by atoms with E-state index in [0.29, 0.717) is 12.5 Å². The Labute approximate surface area is 121 Å². The lowest BCUT2D eigenvalue weighted by atomic mass is 10.1. The number of fused-ring (bicyclic) bond motifs is 2. The third-order valence-corrected chi connectivity index (χ3v) is 5.66. The molecule has 1 saturated heterocycles. The summed E-state index contributed by atoms with van der Waals surface area (Å²) in [6, 6.07) is 2.99. The predicted octanol–water partition coefficient (Wildman–Crippen LogP) is 1.66. The van der Waals surface area contributed by atoms with Crippen molar-refractivity contribution in [3.05, 3.63) is 29.6 Å². The van der Waals surface area contributed by atoms with Crippen molar-refractivity contribution in [2.45, 2.75) is 25.3 Å². The monoisotopic (exact) mass is 314 g/mol. The lowest BCUT2D eigenvalue weighted by Crippen LogP contribution is -2.41. The second-order valence-corrected chi connectivity index (χ2v) is 7.13. The lowest BCUT2D eigenvalue weighted by molar-refractivity contribution is 0.0697. The number of carbonyl (C=O) groups is 1. The zero-order chi connectivity index (χ0) is 15.2. The maximum absolute atomic E-state index is 13.7. The molecule has 0 amide bonds. The van der Waals surface area contributed by atoms with Gasteiger partial charge in [0.15, 0.2) is 0 Å². The molecule has 21 heavy (non-hydrogen) atoms. The Morgan fingerprint density at radius 1 is 1.38 bits per heavy atom. The van der Waals surface area contributed by atoms with E-state index in [2.05, 4.69) is 4.72 Å². The van der Waals surface area contributed by atoms with E-state index in [1.54, 1.807) is 0 Å². The topological polar surface area (TPSA) is 86.7 Å². The molecule has 6 nitrogen and oxygen atoms in total. The van der Waals surface area contributed by atoms with Crippen LogP contribution in [0.5, 0.6) is 0 Å². The molecular weight excluding hydrogens is 299 g/mol. The molecule has 2 fully saturated rings. The largest absolute Gasteiger partial charge is 0.478 e. The van der Waals surface area contributed by atoms with Crippen LogP contribution in [0, 0.1) is 11.7 Å². The second kappa shape index (κ2) is 4.96. The van der Waals surface area contributed by atoms with Crippen molar-refractivity contribution in [1.82, 2.24) is 4.31 Å². The summed E-state index contributed by atoms with van der Waals surface area (Å²) in [5, 5.41) is 8.89. The first-order valence-corrected chi connectivity index (χ1v) is 8.13. The average molecular weight is 314 g/mol. The molecule has 2 unspecified atom stereocenters. The minimum atomic E-state index is -3.86. The van der Waals surface area contributed by atoms with E-state index in [1.807, 2.05) is 0 Å². The highest BCUT2D eigenvalue weighted by Crippen LogP contribution is 2.39. The van der Waals surface area contributed by atoms with Gasteiger partial charge in [0.1, 0.15) is 5.82 Å². The van der Waals surface area contributed by atoms with Crippen LogP contribution in [0.2, 0.25) is 0 Å². The van der Waals surface area contributed by atoms with Crippen LogP contribution in [0.15, 0.2) is 18.2 Å². The van der Waals surface area contributed by atoms with Crippen LogP contribution in [0.3, 0.4) is 0 Å². The molecule has 1 aliphatic heterocycles. The van der Waals surface area contributed by atoms with Crippen LogP contribution in [0.4, 0.5) is 10.1 Å². The minimum Gasteiger partial charge on any atom is -0.478 e. The van der Waals surface area contributed by atoms with Gasteiger partial charge in [0.2, 0.25) is 0 Å². The number of piperidine rings is 1. The molecule has 1 aromatic rings. The van der Waals surface area contributed by atoms with Gasteiger partial charge in [-0.25, -0.2) is 9.18 Å². The fraction of sp³-hybridized carbons (Fsp3) is 0.462. The first kappa shape index (κ1) is 14.3. The maximum Gasteiger partial charge on any atom is 0.335 e. The summed E-state index contributed by atoms with van der Waals surface area (Å²) in [5.74, 6) is -1.66. The van der Waals surface area contributed by atoms with Crippen LogP contribution in [-0.2, 0) is 10.2 Å². The molecule has 2 N–H and O–H groups in total. The summed E-state index contributed by atoms with van der Waals surface area (Å²) in [6.45, 7) is 0.445. The molecule has 3 rings (SSSR count). The highest BCUT2D eigenvalue weighted by atomic mass is 32.2. The Balaban J connectivity index is 1.85. The summed E-state index contributed by atoms with van der Waals surface area (Å²) in [6.07, 6.45) is 2.70. The number of carboxylic acids is 1. The zero-order valence-electron chi connectivity index (χ0n) is 11.1. The molecule has 1 aromatic carbocycles. The third-order valence-electron chi connectivity index (χ3n) is 4.12. The molecule has 1 aliphatic carbocycles. The summed E-state index contributed by atoms with van der Waals surface area (Å²) < 4.78 is 41.9. The molecule has 0 spiro atoms. The van der Waals surface area contributed by atoms with Crippen molar-refractivity contribution >= 4 is 21.9 Å². The van der Waals surface area contributed by atoms with Crippen LogP contribution in [-0.4, -0.2) is 36.4 Å². The third kappa shape index (κ3) is 2.60. The van der Waals surface area contributed by atoms with Gasteiger partial charge in [0.25, 0.3) is 0 Å². The van der Waals surface area contributed by atoms with Gasteiger partial charge in [0.05, 0.1) is 11.3 Å².